The number of carbonyl (C=O) groups is 1. The summed E-state index contributed by atoms with van der Waals surface area (Å²) in [6.07, 6.45) is 2.41. The first-order valence-corrected chi connectivity index (χ1v) is 8.22. The normalized spacial score (nSPS) is 13.6. The lowest BCUT2D eigenvalue weighted by Crippen LogP contribution is -2.42. The van der Waals surface area contributed by atoms with E-state index >= 15 is 0 Å². The maximum absolute atomic E-state index is 12.2. The summed E-state index contributed by atoms with van der Waals surface area (Å²) in [4.78, 5) is 13.4. The average Bonchev–Trinajstić information content (AvgIpc) is 3.02. The Morgan fingerprint density at radius 1 is 1.24 bits per heavy atom. The Morgan fingerprint density at radius 2 is 2.00 bits per heavy atom. The van der Waals surface area contributed by atoms with Gasteiger partial charge in [0.2, 0.25) is 5.91 Å². The van der Waals surface area contributed by atoms with Gasteiger partial charge in [-0.3, -0.25) is 4.79 Å². The summed E-state index contributed by atoms with van der Waals surface area (Å²) in [5, 5.41) is 5.13. The summed E-state index contributed by atoms with van der Waals surface area (Å²) in [6.45, 7) is 2.04. The highest BCUT2D eigenvalue weighted by atomic mass is 32.1. The van der Waals surface area contributed by atoms with E-state index in [1.54, 1.807) is 11.3 Å². The van der Waals surface area contributed by atoms with Crippen LogP contribution in [0.4, 0.5) is 0 Å². The molecule has 0 saturated heterocycles. The van der Waals surface area contributed by atoms with E-state index in [9.17, 15) is 4.79 Å². The molecule has 0 bridgehead atoms. The van der Waals surface area contributed by atoms with E-state index in [-0.39, 0.29) is 11.9 Å². The molecule has 1 amide bonds. The van der Waals surface area contributed by atoms with Crippen LogP contribution in [0, 0.1) is 0 Å². The molecule has 2 aromatic rings. The third kappa shape index (κ3) is 4.69. The molecule has 0 saturated carbocycles. The minimum absolute atomic E-state index is 0.0113. The van der Waals surface area contributed by atoms with Crippen molar-refractivity contribution in [1.82, 2.24) is 5.32 Å². The Hall–Kier alpha value is -1.65. The van der Waals surface area contributed by atoms with Crippen LogP contribution in [0.2, 0.25) is 0 Å². The fourth-order valence-corrected chi connectivity index (χ4v) is 3.06. The van der Waals surface area contributed by atoms with Gasteiger partial charge in [-0.25, -0.2) is 0 Å². The van der Waals surface area contributed by atoms with Gasteiger partial charge < -0.3 is 11.1 Å². The number of hydrogen-bond donors (Lipinski definition) is 2. The van der Waals surface area contributed by atoms with E-state index < -0.39 is 6.04 Å². The molecule has 0 aliphatic rings. The first kappa shape index (κ1) is 15.7. The van der Waals surface area contributed by atoms with Crippen molar-refractivity contribution in [2.45, 2.75) is 38.3 Å². The van der Waals surface area contributed by atoms with Crippen molar-refractivity contribution < 1.29 is 4.79 Å². The van der Waals surface area contributed by atoms with Gasteiger partial charge in [-0.15, -0.1) is 11.3 Å². The molecule has 2 rings (SSSR count). The molecule has 0 aliphatic carbocycles. The number of nitrogens with one attached hydrogen (secondary N) is 1. The molecule has 0 spiro atoms. The summed E-state index contributed by atoms with van der Waals surface area (Å²) in [7, 11) is 0. The molecule has 0 radical (unpaired) electrons. The summed E-state index contributed by atoms with van der Waals surface area (Å²) in [6, 6.07) is 13.8. The van der Waals surface area contributed by atoms with Crippen molar-refractivity contribution in [2.75, 3.05) is 0 Å². The van der Waals surface area contributed by atoms with Gasteiger partial charge in [0.15, 0.2) is 0 Å². The van der Waals surface area contributed by atoms with Crippen LogP contribution >= 0.6 is 11.3 Å². The molecule has 3 N–H and O–H groups in total. The quantitative estimate of drug-likeness (QED) is 0.824. The van der Waals surface area contributed by atoms with E-state index in [4.69, 9.17) is 5.73 Å². The molecule has 0 fully saturated rings. The third-order valence-electron chi connectivity index (χ3n) is 3.42. The van der Waals surface area contributed by atoms with E-state index in [1.165, 1.54) is 5.56 Å². The Morgan fingerprint density at radius 3 is 2.62 bits per heavy atom. The van der Waals surface area contributed by atoms with Gasteiger partial charge in [-0.2, -0.15) is 0 Å². The van der Waals surface area contributed by atoms with Crippen LogP contribution in [0.3, 0.4) is 0 Å². The maximum atomic E-state index is 12.2. The van der Waals surface area contributed by atoms with Crippen LogP contribution in [0.25, 0.3) is 0 Å². The Balaban J connectivity index is 2.08. The van der Waals surface area contributed by atoms with E-state index in [2.05, 4.69) is 23.5 Å². The smallest absolute Gasteiger partial charge is 0.237 e. The number of thiophene rings is 1. The summed E-state index contributed by atoms with van der Waals surface area (Å²) in [5.41, 5.74) is 7.12. The molecule has 4 heteroatoms. The lowest BCUT2D eigenvalue weighted by Gasteiger charge is -2.20. The fourth-order valence-electron chi connectivity index (χ4n) is 2.28. The minimum atomic E-state index is -0.423. The lowest BCUT2D eigenvalue weighted by molar-refractivity contribution is -0.123. The SMILES string of the molecule is CCCC(N)C(=O)NC(Cc1ccccc1)c1cccs1. The van der Waals surface area contributed by atoms with Crippen molar-refractivity contribution in [2.24, 2.45) is 5.73 Å². The molecule has 21 heavy (non-hydrogen) atoms. The second-order valence-corrected chi connectivity index (χ2v) is 6.14. The zero-order valence-corrected chi connectivity index (χ0v) is 13.1. The van der Waals surface area contributed by atoms with E-state index in [1.807, 2.05) is 36.6 Å². The predicted molar refractivity (Wildman–Crippen MR) is 88.2 cm³/mol. The second kappa shape index (κ2) is 7.96. The molecular formula is C17H22N2OS. The van der Waals surface area contributed by atoms with Crippen molar-refractivity contribution >= 4 is 17.2 Å². The van der Waals surface area contributed by atoms with Crippen LogP contribution in [0.1, 0.15) is 36.2 Å². The van der Waals surface area contributed by atoms with Crippen LogP contribution < -0.4 is 11.1 Å². The maximum Gasteiger partial charge on any atom is 0.237 e. The topological polar surface area (TPSA) is 55.1 Å². The zero-order chi connectivity index (χ0) is 15.1. The Labute approximate surface area is 130 Å². The molecule has 1 heterocycles. The summed E-state index contributed by atoms with van der Waals surface area (Å²) < 4.78 is 0. The number of carbonyl (C=O) groups excluding carboxylic acids is 1. The zero-order valence-electron chi connectivity index (χ0n) is 12.3. The highest BCUT2D eigenvalue weighted by molar-refractivity contribution is 7.10. The Kier molecular flexibility index (Phi) is 5.96. The fraction of sp³-hybridized carbons (Fsp3) is 0.353. The molecule has 1 aromatic carbocycles. The number of benzene rings is 1. The Bertz CT molecular complexity index is 539. The first-order chi connectivity index (χ1) is 10.2. The van der Waals surface area contributed by atoms with Gasteiger partial charge in [0.1, 0.15) is 0 Å². The van der Waals surface area contributed by atoms with Crippen LogP contribution in [0.15, 0.2) is 47.8 Å². The van der Waals surface area contributed by atoms with Gasteiger partial charge in [0.05, 0.1) is 12.1 Å². The number of rotatable bonds is 7. The standard InChI is InChI=1S/C17H22N2OS/c1-2-7-14(18)17(20)19-15(16-10-6-11-21-16)12-13-8-4-3-5-9-13/h3-6,8-11,14-15H,2,7,12,18H2,1H3,(H,19,20). The van der Waals surface area contributed by atoms with Crippen LogP contribution in [-0.2, 0) is 11.2 Å². The molecule has 1 aromatic heterocycles. The molecule has 3 nitrogen and oxygen atoms in total. The number of hydrogen-bond acceptors (Lipinski definition) is 3. The molecule has 112 valence electrons. The third-order valence-corrected chi connectivity index (χ3v) is 4.41. The van der Waals surface area contributed by atoms with Gasteiger partial charge in [-0.1, -0.05) is 49.7 Å². The van der Waals surface area contributed by atoms with Gasteiger partial charge >= 0.3 is 0 Å². The second-order valence-electron chi connectivity index (χ2n) is 5.16. The van der Waals surface area contributed by atoms with Gasteiger partial charge in [0.25, 0.3) is 0 Å². The van der Waals surface area contributed by atoms with Gasteiger partial charge in [-0.05, 0) is 29.9 Å². The van der Waals surface area contributed by atoms with E-state index in [0.29, 0.717) is 6.42 Å². The van der Waals surface area contributed by atoms with Crippen molar-refractivity contribution in [3.63, 3.8) is 0 Å². The number of amides is 1. The van der Waals surface area contributed by atoms with Crippen LogP contribution in [-0.4, -0.2) is 11.9 Å². The monoisotopic (exact) mass is 302 g/mol. The molecule has 0 aliphatic heterocycles. The van der Waals surface area contributed by atoms with Crippen LogP contribution in [0.5, 0.6) is 0 Å². The highest BCUT2D eigenvalue weighted by Crippen LogP contribution is 2.23. The van der Waals surface area contributed by atoms with Crippen molar-refractivity contribution in [3.8, 4) is 0 Å². The molecule has 2 unspecified atom stereocenters. The first-order valence-electron chi connectivity index (χ1n) is 7.34. The lowest BCUT2D eigenvalue weighted by atomic mass is 10.0. The molecule has 2 atom stereocenters. The van der Waals surface area contributed by atoms with Gasteiger partial charge in [0, 0.05) is 4.88 Å². The highest BCUT2D eigenvalue weighted by Gasteiger charge is 2.19. The largest absolute Gasteiger partial charge is 0.347 e. The van der Waals surface area contributed by atoms with Crippen molar-refractivity contribution in [3.05, 3.63) is 58.3 Å². The predicted octanol–water partition coefficient (Wildman–Crippen LogP) is 3.28. The molecular weight excluding hydrogens is 280 g/mol. The summed E-state index contributed by atoms with van der Waals surface area (Å²) in [5.74, 6) is -0.0637. The van der Waals surface area contributed by atoms with Crippen molar-refractivity contribution in [1.29, 1.82) is 0 Å². The summed E-state index contributed by atoms with van der Waals surface area (Å²) >= 11 is 1.66. The average molecular weight is 302 g/mol. The van der Waals surface area contributed by atoms with E-state index in [0.717, 1.165) is 17.7 Å². The minimum Gasteiger partial charge on any atom is -0.347 e. The number of nitrogens with two attached hydrogens (primary N) is 1.